The van der Waals surface area contributed by atoms with E-state index in [-0.39, 0.29) is 22.8 Å². The Morgan fingerprint density at radius 2 is 2.12 bits per heavy atom. The molecular weight excluding hydrogens is 348 g/mol. The van der Waals surface area contributed by atoms with Crippen molar-refractivity contribution < 1.29 is 32.6 Å². The maximum absolute atomic E-state index is 12.8. The van der Waals surface area contributed by atoms with Gasteiger partial charge < -0.3 is 19.2 Å². The number of hydrogen-bond donors (Lipinski definition) is 1. The van der Waals surface area contributed by atoms with Gasteiger partial charge in [0.05, 0.1) is 0 Å². The maximum Gasteiger partial charge on any atom is 0.387 e. The van der Waals surface area contributed by atoms with Gasteiger partial charge in [0, 0.05) is 24.7 Å². The number of alkyl halides is 2. The molecule has 0 spiro atoms. The lowest BCUT2D eigenvalue weighted by Gasteiger charge is -2.29. The Morgan fingerprint density at radius 1 is 1.35 bits per heavy atom. The zero-order valence-corrected chi connectivity index (χ0v) is 14.0. The summed E-state index contributed by atoms with van der Waals surface area (Å²) in [6.07, 6.45) is 1.61. The van der Waals surface area contributed by atoms with Gasteiger partial charge in [-0.2, -0.15) is 8.78 Å². The Kier molecular flexibility index (Phi) is 4.92. The summed E-state index contributed by atoms with van der Waals surface area (Å²) in [6.45, 7) is -0.759. The molecule has 1 aromatic heterocycles. The fourth-order valence-corrected chi connectivity index (χ4v) is 3.07. The first-order chi connectivity index (χ1) is 12.4. The van der Waals surface area contributed by atoms with E-state index < -0.39 is 18.5 Å². The van der Waals surface area contributed by atoms with Gasteiger partial charge in [-0.1, -0.05) is 6.92 Å². The van der Waals surface area contributed by atoms with Crippen molar-refractivity contribution in [3.8, 4) is 5.75 Å². The molecule has 0 saturated heterocycles. The summed E-state index contributed by atoms with van der Waals surface area (Å²) in [5.41, 5.74) is 1.26. The van der Waals surface area contributed by atoms with E-state index in [9.17, 15) is 23.5 Å². The van der Waals surface area contributed by atoms with Gasteiger partial charge in [-0.3, -0.25) is 4.79 Å². The predicted octanol–water partition coefficient (Wildman–Crippen LogP) is 3.73. The Hall–Kier alpha value is -2.90. The third-order valence-corrected chi connectivity index (χ3v) is 4.21. The molecule has 2 aromatic rings. The van der Waals surface area contributed by atoms with Gasteiger partial charge in [0.1, 0.15) is 17.1 Å². The van der Waals surface area contributed by atoms with Crippen molar-refractivity contribution in [3.05, 3.63) is 46.9 Å². The highest BCUT2D eigenvalue weighted by Gasteiger charge is 2.28. The molecule has 26 heavy (non-hydrogen) atoms. The third kappa shape index (κ3) is 3.40. The molecular formula is C18H17F2NO5. The smallest absolute Gasteiger partial charge is 0.387 e. The molecule has 0 saturated carbocycles. The Balaban J connectivity index is 1.92. The predicted molar refractivity (Wildman–Crippen MR) is 88.1 cm³/mol. The van der Waals surface area contributed by atoms with Crippen LogP contribution in [0.15, 0.2) is 28.7 Å². The fraction of sp³-hybridized carbons (Fsp3) is 0.333. The van der Waals surface area contributed by atoms with Crippen LogP contribution in [0, 0.1) is 0 Å². The molecule has 3 rings (SSSR count). The normalized spacial score (nSPS) is 13.6. The average Bonchev–Trinajstić information content (AvgIpc) is 3.04. The van der Waals surface area contributed by atoms with E-state index in [0.29, 0.717) is 37.1 Å². The van der Waals surface area contributed by atoms with E-state index in [1.165, 1.54) is 23.1 Å². The Bertz CT molecular complexity index is 846. The molecule has 0 atom stereocenters. The highest BCUT2D eigenvalue weighted by atomic mass is 19.3. The van der Waals surface area contributed by atoms with E-state index in [4.69, 9.17) is 4.42 Å². The molecule has 0 unspecified atom stereocenters. The van der Waals surface area contributed by atoms with Crippen molar-refractivity contribution in [2.45, 2.75) is 32.8 Å². The number of carboxylic acid groups (broad SMARTS) is 1. The van der Waals surface area contributed by atoms with E-state index in [1.54, 1.807) is 13.0 Å². The van der Waals surface area contributed by atoms with Crippen molar-refractivity contribution in [1.29, 1.82) is 0 Å². The minimum Gasteiger partial charge on any atom is -0.478 e. The molecule has 0 fully saturated rings. The summed E-state index contributed by atoms with van der Waals surface area (Å²) in [4.78, 5) is 25.5. The molecule has 138 valence electrons. The molecule has 0 bridgehead atoms. The average molecular weight is 365 g/mol. The van der Waals surface area contributed by atoms with Crippen LogP contribution in [0.2, 0.25) is 0 Å². The van der Waals surface area contributed by atoms with Gasteiger partial charge >= 0.3 is 12.6 Å². The van der Waals surface area contributed by atoms with Gasteiger partial charge in [-0.15, -0.1) is 0 Å². The zero-order valence-electron chi connectivity index (χ0n) is 14.0. The number of hydrogen-bond acceptors (Lipinski definition) is 4. The number of halogens is 2. The second kappa shape index (κ2) is 7.15. The van der Waals surface area contributed by atoms with Crippen LogP contribution in [0.25, 0.3) is 0 Å². The zero-order chi connectivity index (χ0) is 18.8. The molecule has 1 aliphatic heterocycles. The van der Waals surface area contributed by atoms with E-state index in [1.807, 2.05) is 0 Å². The van der Waals surface area contributed by atoms with Gasteiger partial charge in [-0.25, -0.2) is 4.79 Å². The number of nitrogens with zero attached hydrogens (tertiary/aromatic N) is 1. The van der Waals surface area contributed by atoms with Crippen molar-refractivity contribution in [3.63, 3.8) is 0 Å². The summed E-state index contributed by atoms with van der Waals surface area (Å²) in [7, 11) is 0. The number of fused-ring (bicyclic) bond motifs is 1. The quantitative estimate of drug-likeness (QED) is 0.873. The maximum atomic E-state index is 12.8. The minimum absolute atomic E-state index is 0.0336. The molecule has 2 heterocycles. The van der Waals surface area contributed by atoms with Crippen LogP contribution in [-0.2, 0) is 12.8 Å². The highest BCUT2D eigenvalue weighted by Crippen LogP contribution is 2.32. The first kappa shape index (κ1) is 17.9. The first-order valence-corrected chi connectivity index (χ1v) is 8.16. The molecule has 1 amide bonds. The first-order valence-electron chi connectivity index (χ1n) is 8.16. The molecule has 8 heteroatoms. The number of carboxylic acids is 1. The van der Waals surface area contributed by atoms with E-state index in [0.717, 1.165) is 0 Å². The lowest BCUT2D eigenvalue weighted by atomic mass is 10.0. The molecule has 6 nitrogen and oxygen atoms in total. The van der Waals surface area contributed by atoms with Crippen LogP contribution < -0.4 is 9.64 Å². The van der Waals surface area contributed by atoms with Crippen LogP contribution in [-0.4, -0.2) is 30.1 Å². The number of benzene rings is 1. The standard InChI is InChI=1S/C18H17F2NO5/c1-2-14-12(17(23)24)9-15(26-14)16(22)21-7-3-4-10-8-11(25-18(19)20)5-6-13(10)21/h5-6,8-9,18H,2-4,7H2,1H3,(H,23,24). The van der Waals surface area contributed by atoms with Crippen LogP contribution in [0.1, 0.15) is 45.6 Å². The van der Waals surface area contributed by atoms with E-state index >= 15 is 0 Å². The lowest BCUT2D eigenvalue weighted by molar-refractivity contribution is -0.0498. The minimum atomic E-state index is -2.92. The van der Waals surface area contributed by atoms with Gasteiger partial charge in [0.15, 0.2) is 5.76 Å². The number of carbonyl (C=O) groups excluding carboxylic acids is 1. The number of aryl methyl sites for hydroxylation is 2. The number of rotatable bonds is 5. The Labute approximate surface area is 148 Å². The molecule has 1 N–H and O–H groups in total. The van der Waals surface area contributed by atoms with Crippen molar-refractivity contribution >= 4 is 17.6 Å². The van der Waals surface area contributed by atoms with Crippen LogP contribution in [0.4, 0.5) is 14.5 Å². The van der Waals surface area contributed by atoms with Gasteiger partial charge in [0.25, 0.3) is 5.91 Å². The largest absolute Gasteiger partial charge is 0.478 e. The summed E-state index contributed by atoms with van der Waals surface area (Å²) in [5, 5.41) is 9.20. The fourth-order valence-electron chi connectivity index (χ4n) is 3.07. The monoisotopic (exact) mass is 365 g/mol. The lowest BCUT2D eigenvalue weighted by Crippen LogP contribution is -2.35. The summed E-state index contributed by atoms with van der Waals surface area (Å²) < 4.78 is 34.6. The van der Waals surface area contributed by atoms with Gasteiger partial charge in [0.2, 0.25) is 0 Å². The second-order valence-electron chi connectivity index (χ2n) is 5.84. The number of aromatic carboxylic acids is 1. The van der Waals surface area contributed by atoms with Crippen molar-refractivity contribution in [2.24, 2.45) is 0 Å². The van der Waals surface area contributed by atoms with Crippen LogP contribution in [0.5, 0.6) is 5.75 Å². The number of carbonyl (C=O) groups is 2. The van der Waals surface area contributed by atoms with E-state index in [2.05, 4.69) is 4.74 Å². The SMILES string of the molecule is CCc1oc(C(=O)N2CCCc3cc(OC(F)F)ccc32)cc1C(=O)O. The van der Waals surface area contributed by atoms with Crippen LogP contribution >= 0.6 is 0 Å². The molecule has 0 aliphatic carbocycles. The molecule has 1 aromatic carbocycles. The Morgan fingerprint density at radius 3 is 2.73 bits per heavy atom. The summed E-state index contributed by atoms with van der Waals surface area (Å²) in [5.74, 6) is -1.40. The number of ether oxygens (including phenoxy) is 1. The molecule has 0 radical (unpaired) electrons. The topological polar surface area (TPSA) is 80.0 Å². The summed E-state index contributed by atoms with van der Waals surface area (Å²) >= 11 is 0. The van der Waals surface area contributed by atoms with Crippen molar-refractivity contribution in [2.75, 3.05) is 11.4 Å². The van der Waals surface area contributed by atoms with Crippen molar-refractivity contribution in [1.82, 2.24) is 0 Å². The number of amides is 1. The number of furan rings is 1. The second-order valence-corrected chi connectivity index (χ2v) is 5.84. The van der Waals surface area contributed by atoms with Crippen LogP contribution in [0.3, 0.4) is 0 Å². The van der Waals surface area contributed by atoms with Gasteiger partial charge in [-0.05, 0) is 36.6 Å². The highest BCUT2D eigenvalue weighted by molar-refractivity contribution is 6.06. The summed E-state index contributed by atoms with van der Waals surface area (Å²) in [6, 6.07) is 5.64. The molecule has 1 aliphatic rings. The third-order valence-electron chi connectivity index (χ3n) is 4.21. The number of anilines is 1.